The Kier molecular flexibility index (Phi) is 11.8. The summed E-state index contributed by atoms with van der Waals surface area (Å²) in [5.74, 6) is -0.754. The van der Waals surface area contributed by atoms with E-state index in [4.69, 9.17) is 10.2 Å². The van der Waals surface area contributed by atoms with Crippen molar-refractivity contribution in [3.8, 4) is 0 Å². The molecule has 0 saturated heterocycles. The zero-order valence-electron chi connectivity index (χ0n) is 6.92. The Labute approximate surface area is 95.5 Å². The Balaban J connectivity index is 0. The van der Waals surface area contributed by atoms with Crippen molar-refractivity contribution in [2.75, 3.05) is 0 Å². The molecule has 12 heavy (non-hydrogen) atoms. The molecule has 0 radical (unpaired) electrons. The molecule has 0 aliphatic heterocycles. The van der Waals surface area contributed by atoms with E-state index in [9.17, 15) is 4.79 Å². The maximum absolute atomic E-state index is 10.1. The van der Waals surface area contributed by atoms with Crippen LogP contribution in [0.1, 0.15) is 39.0 Å². The van der Waals surface area contributed by atoms with Crippen LogP contribution >= 0.6 is 0 Å². The van der Waals surface area contributed by atoms with Gasteiger partial charge < -0.3 is 10.2 Å². The molecule has 2 N–H and O–H groups in total. The van der Waals surface area contributed by atoms with Gasteiger partial charge in [-0.15, -0.1) is 0 Å². The van der Waals surface area contributed by atoms with E-state index in [0.717, 1.165) is 19.3 Å². The van der Waals surface area contributed by atoms with E-state index in [-0.39, 0.29) is 42.1 Å². The van der Waals surface area contributed by atoms with Crippen molar-refractivity contribution < 1.29 is 15.0 Å². The molecule has 3 nitrogen and oxygen atoms in total. The molecule has 1 atom stereocenters. The average Bonchev–Trinajstić information content (AvgIpc) is 1.97. The fourth-order valence-electron chi connectivity index (χ4n) is 0.860. The van der Waals surface area contributed by atoms with E-state index >= 15 is 0 Å². The monoisotopic (exact) mass is 184 g/mol. The topological polar surface area (TPSA) is 57.5 Å². The van der Waals surface area contributed by atoms with Crippen molar-refractivity contribution in [1.82, 2.24) is 0 Å². The van der Waals surface area contributed by atoms with Crippen LogP contribution in [0.5, 0.6) is 0 Å². The number of aliphatic carboxylic acids is 1. The van der Waals surface area contributed by atoms with Gasteiger partial charge in [0.15, 0.2) is 0 Å². The second-order valence-corrected chi connectivity index (χ2v) is 2.70. The molecule has 0 heterocycles. The van der Waals surface area contributed by atoms with E-state index in [1.807, 2.05) is 6.92 Å². The first-order valence-electron chi connectivity index (χ1n) is 4.06. The average molecular weight is 184 g/mol. The van der Waals surface area contributed by atoms with Gasteiger partial charge in [-0.3, -0.25) is 4.79 Å². The normalized spacial score (nSPS) is 11.8. The Morgan fingerprint density at radius 1 is 1.42 bits per heavy atom. The summed E-state index contributed by atoms with van der Waals surface area (Å²) in [6.45, 7) is 1.92. The molecule has 0 aliphatic rings. The van der Waals surface area contributed by atoms with E-state index in [0.29, 0.717) is 6.42 Å². The minimum absolute atomic E-state index is 0. The van der Waals surface area contributed by atoms with E-state index in [2.05, 4.69) is 0 Å². The van der Waals surface area contributed by atoms with Gasteiger partial charge in [-0.05, 0) is 19.3 Å². The molecular weight excluding hydrogens is 167 g/mol. The summed E-state index contributed by atoms with van der Waals surface area (Å²) in [6, 6.07) is 0. The summed E-state index contributed by atoms with van der Waals surface area (Å²) in [5, 5.41) is 17.3. The number of aliphatic hydroxyl groups excluding tert-OH is 1. The molecule has 4 heteroatoms. The van der Waals surface area contributed by atoms with Gasteiger partial charge in [0.05, 0.1) is 6.10 Å². The molecule has 0 fully saturated rings. The van der Waals surface area contributed by atoms with Crippen LogP contribution < -0.4 is 0 Å². The number of rotatable bonds is 6. The molecule has 0 spiro atoms. The first-order valence-corrected chi connectivity index (χ1v) is 4.06. The molecule has 0 amide bonds. The van der Waals surface area contributed by atoms with E-state index < -0.39 is 5.97 Å². The Bertz CT molecular complexity index is 117. The number of hydrogen-bond donors (Lipinski definition) is 2. The maximum atomic E-state index is 10.1. The fraction of sp³-hybridized carbons (Fsp3) is 0.875. The fourth-order valence-corrected chi connectivity index (χ4v) is 0.860. The molecule has 1 unspecified atom stereocenters. The van der Waals surface area contributed by atoms with Crippen molar-refractivity contribution in [2.24, 2.45) is 0 Å². The predicted molar refractivity (Wildman–Crippen MR) is 49.6 cm³/mol. The van der Waals surface area contributed by atoms with Crippen molar-refractivity contribution in [2.45, 2.75) is 45.1 Å². The molecule has 0 aromatic rings. The van der Waals surface area contributed by atoms with Crippen molar-refractivity contribution in [3.05, 3.63) is 0 Å². The Morgan fingerprint density at radius 3 is 2.42 bits per heavy atom. The van der Waals surface area contributed by atoms with Crippen LogP contribution in [-0.2, 0) is 4.79 Å². The van der Waals surface area contributed by atoms with Crippen LogP contribution in [0.25, 0.3) is 0 Å². The SMILES string of the molecule is CCC(O)CCCCC(=O)O.[NaH]. The second-order valence-electron chi connectivity index (χ2n) is 2.70. The number of carboxylic acid groups (broad SMARTS) is 1. The molecule has 0 aliphatic carbocycles. The standard InChI is InChI=1S/C8H16O3.Na.H/c1-2-7(9)5-3-4-6-8(10)11;;/h7,9H,2-6H2,1H3,(H,10,11);;. The third-order valence-corrected chi connectivity index (χ3v) is 1.65. The molecular formula is C8H17NaO3. The first kappa shape index (κ1) is 14.9. The summed E-state index contributed by atoms with van der Waals surface area (Å²) >= 11 is 0. The van der Waals surface area contributed by atoms with Crippen LogP contribution in [0.4, 0.5) is 0 Å². The van der Waals surface area contributed by atoms with Gasteiger partial charge in [0.25, 0.3) is 0 Å². The molecule has 68 valence electrons. The van der Waals surface area contributed by atoms with Gasteiger partial charge >= 0.3 is 35.5 Å². The van der Waals surface area contributed by atoms with Gasteiger partial charge in [0, 0.05) is 6.42 Å². The summed E-state index contributed by atoms with van der Waals surface area (Å²) in [5.41, 5.74) is 0. The predicted octanol–water partition coefficient (Wildman–Crippen LogP) is 0.754. The zero-order valence-corrected chi connectivity index (χ0v) is 6.92. The minimum atomic E-state index is -0.754. The number of hydrogen-bond acceptors (Lipinski definition) is 2. The van der Waals surface area contributed by atoms with Gasteiger partial charge in [-0.25, -0.2) is 0 Å². The quantitative estimate of drug-likeness (QED) is 0.473. The first-order chi connectivity index (χ1) is 5.16. The number of aliphatic hydroxyl groups is 1. The second kappa shape index (κ2) is 9.52. The third kappa shape index (κ3) is 10.4. The molecule has 0 aromatic heterocycles. The number of carboxylic acids is 1. The van der Waals surface area contributed by atoms with E-state index in [1.165, 1.54) is 0 Å². The molecule has 0 saturated carbocycles. The third-order valence-electron chi connectivity index (χ3n) is 1.65. The summed E-state index contributed by atoms with van der Waals surface area (Å²) in [7, 11) is 0. The van der Waals surface area contributed by atoms with Gasteiger partial charge in [-0.2, -0.15) is 0 Å². The van der Waals surface area contributed by atoms with Crippen molar-refractivity contribution >= 4 is 35.5 Å². The van der Waals surface area contributed by atoms with Gasteiger partial charge in [0.2, 0.25) is 0 Å². The number of carbonyl (C=O) groups is 1. The van der Waals surface area contributed by atoms with Crippen LogP contribution in [0.3, 0.4) is 0 Å². The molecule has 0 bridgehead atoms. The van der Waals surface area contributed by atoms with Gasteiger partial charge in [-0.1, -0.05) is 13.3 Å². The summed E-state index contributed by atoms with van der Waals surface area (Å²) in [4.78, 5) is 10.1. The summed E-state index contributed by atoms with van der Waals surface area (Å²) in [6.07, 6.45) is 2.94. The van der Waals surface area contributed by atoms with Crippen LogP contribution in [0, 0.1) is 0 Å². The Morgan fingerprint density at radius 2 is 2.00 bits per heavy atom. The van der Waals surface area contributed by atoms with Crippen molar-refractivity contribution in [1.29, 1.82) is 0 Å². The number of unbranched alkanes of at least 4 members (excludes halogenated alkanes) is 1. The molecule has 0 rings (SSSR count). The van der Waals surface area contributed by atoms with Crippen LogP contribution in [0.15, 0.2) is 0 Å². The Hall–Kier alpha value is 0.430. The summed E-state index contributed by atoms with van der Waals surface area (Å²) < 4.78 is 0. The van der Waals surface area contributed by atoms with Crippen LogP contribution in [-0.4, -0.2) is 51.8 Å². The van der Waals surface area contributed by atoms with Gasteiger partial charge in [0.1, 0.15) is 0 Å². The van der Waals surface area contributed by atoms with E-state index in [1.54, 1.807) is 0 Å². The van der Waals surface area contributed by atoms with Crippen molar-refractivity contribution in [3.63, 3.8) is 0 Å². The molecule has 0 aromatic carbocycles. The van der Waals surface area contributed by atoms with Crippen LogP contribution in [0.2, 0.25) is 0 Å². The zero-order chi connectivity index (χ0) is 8.69.